The molecule has 0 aromatic rings. The van der Waals surface area contributed by atoms with E-state index in [2.05, 4.69) is 22.9 Å². The van der Waals surface area contributed by atoms with E-state index in [-0.39, 0.29) is 0 Å². The van der Waals surface area contributed by atoms with E-state index in [1.807, 2.05) is 6.92 Å². The molecule has 1 nitrogen and oxygen atoms in total. The predicted octanol–water partition coefficient (Wildman–Crippen LogP) is 3.22. The van der Waals surface area contributed by atoms with Crippen LogP contribution in [-0.4, -0.2) is 18.5 Å². The molecule has 68 valence electrons. The van der Waals surface area contributed by atoms with Crippen LogP contribution in [0.25, 0.3) is 0 Å². The zero-order chi connectivity index (χ0) is 8.53. The van der Waals surface area contributed by atoms with Crippen molar-refractivity contribution in [3.05, 3.63) is 0 Å². The maximum atomic E-state index is 5.29. The van der Waals surface area contributed by atoms with E-state index in [4.69, 9.17) is 4.74 Å². The molecule has 0 aromatic carbocycles. The molecule has 0 aromatic heterocycles. The Morgan fingerprint density at radius 3 is 2.45 bits per heavy atom. The Bertz CT molecular complexity index is 76.0. The van der Waals surface area contributed by atoms with Gasteiger partial charge in [0.25, 0.3) is 0 Å². The zero-order valence-corrected chi connectivity index (χ0v) is 9.19. The summed E-state index contributed by atoms with van der Waals surface area (Å²) in [7, 11) is 0. The van der Waals surface area contributed by atoms with Crippen molar-refractivity contribution in [3.8, 4) is 0 Å². The highest BCUT2D eigenvalue weighted by Crippen LogP contribution is 2.13. The van der Waals surface area contributed by atoms with Crippen molar-refractivity contribution < 1.29 is 4.74 Å². The lowest BCUT2D eigenvalue weighted by Crippen LogP contribution is -2.06. The molecule has 0 saturated heterocycles. The molecule has 0 spiro atoms. The molecule has 0 bridgehead atoms. The van der Waals surface area contributed by atoms with Crippen LogP contribution in [0, 0.1) is 5.92 Å². The van der Waals surface area contributed by atoms with Crippen LogP contribution >= 0.6 is 15.9 Å². The van der Waals surface area contributed by atoms with E-state index < -0.39 is 0 Å². The Hall–Kier alpha value is 0.440. The third-order valence-electron chi connectivity index (χ3n) is 1.79. The smallest absolute Gasteiger partial charge is 0.0468 e. The molecule has 0 aliphatic rings. The third kappa shape index (κ3) is 6.82. The zero-order valence-electron chi connectivity index (χ0n) is 7.61. The normalized spacial score (nSPS) is 13.4. The highest BCUT2D eigenvalue weighted by Gasteiger charge is 2.04. The Morgan fingerprint density at radius 2 is 2.00 bits per heavy atom. The average Bonchev–Trinajstić information content (AvgIpc) is 2.03. The molecule has 0 amide bonds. The molecular formula is C9H19BrO. The number of alkyl halides is 1. The summed E-state index contributed by atoms with van der Waals surface area (Å²) in [5, 5.41) is 1.12. The van der Waals surface area contributed by atoms with E-state index in [1.54, 1.807) is 0 Å². The molecule has 0 heterocycles. The van der Waals surface area contributed by atoms with Crippen molar-refractivity contribution in [2.75, 3.05) is 18.5 Å². The van der Waals surface area contributed by atoms with Crippen LogP contribution in [0.5, 0.6) is 0 Å². The van der Waals surface area contributed by atoms with E-state index in [0.29, 0.717) is 0 Å². The van der Waals surface area contributed by atoms with Gasteiger partial charge in [-0.3, -0.25) is 0 Å². The van der Waals surface area contributed by atoms with Crippen LogP contribution in [0.1, 0.15) is 33.1 Å². The minimum atomic E-state index is 0.812. The standard InChI is InChI=1S/C9H19BrO/c1-3-5-9(8-10)6-7-11-4-2/h9H,3-8H2,1-2H3. The van der Waals surface area contributed by atoms with Gasteiger partial charge in [0.2, 0.25) is 0 Å². The first-order valence-electron chi connectivity index (χ1n) is 4.48. The fraction of sp³-hybridized carbons (Fsp3) is 1.00. The van der Waals surface area contributed by atoms with Crippen LogP contribution < -0.4 is 0 Å². The van der Waals surface area contributed by atoms with Gasteiger partial charge in [0.1, 0.15) is 0 Å². The van der Waals surface area contributed by atoms with Gasteiger partial charge in [-0.2, -0.15) is 0 Å². The van der Waals surface area contributed by atoms with Crippen LogP contribution in [0.2, 0.25) is 0 Å². The van der Waals surface area contributed by atoms with Gasteiger partial charge in [-0.25, -0.2) is 0 Å². The lowest BCUT2D eigenvalue weighted by Gasteiger charge is -2.11. The molecule has 0 aliphatic heterocycles. The molecule has 1 atom stereocenters. The van der Waals surface area contributed by atoms with Gasteiger partial charge in [-0.15, -0.1) is 0 Å². The third-order valence-corrected chi connectivity index (χ3v) is 2.71. The Labute approximate surface area is 78.6 Å². The number of ether oxygens (including phenoxy) is 1. The predicted molar refractivity (Wildman–Crippen MR) is 53.3 cm³/mol. The fourth-order valence-electron chi connectivity index (χ4n) is 1.10. The summed E-state index contributed by atoms with van der Waals surface area (Å²) in [6, 6.07) is 0. The maximum Gasteiger partial charge on any atom is 0.0468 e. The second-order valence-electron chi connectivity index (χ2n) is 2.79. The van der Waals surface area contributed by atoms with Crippen LogP contribution in [0.15, 0.2) is 0 Å². The SMILES string of the molecule is CCCC(CBr)CCOCC. The minimum absolute atomic E-state index is 0.812. The molecule has 0 N–H and O–H groups in total. The Morgan fingerprint density at radius 1 is 1.27 bits per heavy atom. The molecule has 11 heavy (non-hydrogen) atoms. The molecular weight excluding hydrogens is 204 g/mol. The summed E-state index contributed by atoms with van der Waals surface area (Å²) in [4.78, 5) is 0. The van der Waals surface area contributed by atoms with E-state index in [1.165, 1.54) is 19.3 Å². The second kappa shape index (κ2) is 8.54. The first-order chi connectivity index (χ1) is 5.35. The van der Waals surface area contributed by atoms with Crippen molar-refractivity contribution in [3.63, 3.8) is 0 Å². The van der Waals surface area contributed by atoms with Crippen molar-refractivity contribution in [1.29, 1.82) is 0 Å². The number of halogens is 1. The molecule has 0 saturated carbocycles. The second-order valence-corrected chi connectivity index (χ2v) is 3.44. The highest BCUT2D eigenvalue weighted by atomic mass is 79.9. The maximum absolute atomic E-state index is 5.29. The van der Waals surface area contributed by atoms with Crippen molar-refractivity contribution in [2.24, 2.45) is 5.92 Å². The summed E-state index contributed by atoms with van der Waals surface area (Å²) >= 11 is 3.51. The summed E-state index contributed by atoms with van der Waals surface area (Å²) in [5.74, 6) is 0.812. The number of rotatable bonds is 7. The summed E-state index contributed by atoms with van der Waals surface area (Å²) in [5.41, 5.74) is 0. The minimum Gasteiger partial charge on any atom is -0.382 e. The average molecular weight is 223 g/mol. The van der Waals surface area contributed by atoms with Crippen molar-refractivity contribution in [2.45, 2.75) is 33.1 Å². The summed E-state index contributed by atoms with van der Waals surface area (Å²) < 4.78 is 5.29. The van der Waals surface area contributed by atoms with Gasteiger partial charge in [0.15, 0.2) is 0 Å². The molecule has 1 unspecified atom stereocenters. The number of hydrogen-bond acceptors (Lipinski definition) is 1. The lowest BCUT2D eigenvalue weighted by atomic mass is 10.0. The van der Waals surface area contributed by atoms with Crippen molar-refractivity contribution >= 4 is 15.9 Å². The summed E-state index contributed by atoms with van der Waals surface area (Å²) in [6.45, 7) is 6.05. The fourth-order valence-corrected chi connectivity index (χ4v) is 1.75. The van der Waals surface area contributed by atoms with Gasteiger partial charge < -0.3 is 4.74 Å². The Balaban J connectivity index is 3.20. The Kier molecular flexibility index (Phi) is 8.88. The molecule has 0 rings (SSSR count). The van der Waals surface area contributed by atoms with Gasteiger partial charge in [0, 0.05) is 18.5 Å². The van der Waals surface area contributed by atoms with Crippen LogP contribution in [-0.2, 0) is 4.74 Å². The van der Waals surface area contributed by atoms with E-state index in [0.717, 1.165) is 24.5 Å². The van der Waals surface area contributed by atoms with Gasteiger partial charge in [0.05, 0.1) is 0 Å². The summed E-state index contributed by atoms with van der Waals surface area (Å²) in [6.07, 6.45) is 3.80. The van der Waals surface area contributed by atoms with Crippen molar-refractivity contribution in [1.82, 2.24) is 0 Å². The molecule has 0 aliphatic carbocycles. The van der Waals surface area contributed by atoms with Crippen LogP contribution in [0.4, 0.5) is 0 Å². The van der Waals surface area contributed by atoms with Gasteiger partial charge in [-0.1, -0.05) is 29.3 Å². The highest BCUT2D eigenvalue weighted by molar-refractivity contribution is 9.09. The first kappa shape index (κ1) is 11.4. The van der Waals surface area contributed by atoms with E-state index in [9.17, 15) is 0 Å². The van der Waals surface area contributed by atoms with Gasteiger partial charge >= 0.3 is 0 Å². The molecule has 0 fully saturated rings. The van der Waals surface area contributed by atoms with Crippen LogP contribution in [0.3, 0.4) is 0 Å². The van der Waals surface area contributed by atoms with Gasteiger partial charge in [-0.05, 0) is 25.7 Å². The lowest BCUT2D eigenvalue weighted by molar-refractivity contribution is 0.133. The molecule has 0 radical (unpaired) electrons. The number of hydrogen-bond donors (Lipinski definition) is 0. The topological polar surface area (TPSA) is 9.23 Å². The molecule has 2 heteroatoms. The first-order valence-corrected chi connectivity index (χ1v) is 5.61. The largest absolute Gasteiger partial charge is 0.382 e. The quantitative estimate of drug-likeness (QED) is 0.475. The van der Waals surface area contributed by atoms with E-state index >= 15 is 0 Å². The monoisotopic (exact) mass is 222 g/mol.